The lowest BCUT2D eigenvalue weighted by Gasteiger charge is -2.22. The van der Waals surface area contributed by atoms with Crippen LogP contribution in [-0.4, -0.2) is 12.2 Å². The van der Waals surface area contributed by atoms with Gasteiger partial charge in [0.05, 0.1) is 6.04 Å². The SMILES string of the molecule is CN[C@@H](c1cccc2ccccc12)c1c(O)ccc2cc(Br)ccc12. The fourth-order valence-electron chi connectivity index (χ4n) is 3.57. The van der Waals surface area contributed by atoms with E-state index in [1.165, 1.54) is 10.8 Å². The van der Waals surface area contributed by atoms with Crippen molar-refractivity contribution < 1.29 is 5.11 Å². The molecule has 124 valence electrons. The van der Waals surface area contributed by atoms with Gasteiger partial charge in [0.25, 0.3) is 0 Å². The number of fused-ring (bicyclic) bond motifs is 2. The highest BCUT2D eigenvalue weighted by Gasteiger charge is 2.20. The number of aromatic hydroxyl groups is 1. The molecule has 0 aromatic heterocycles. The van der Waals surface area contributed by atoms with E-state index in [1.807, 2.05) is 25.2 Å². The summed E-state index contributed by atoms with van der Waals surface area (Å²) in [5.74, 6) is 0.308. The molecule has 3 heteroatoms. The van der Waals surface area contributed by atoms with Crippen LogP contribution in [0.5, 0.6) is 5.75 Å². The number of hydrogen-bond acceptors (Lipinski definition) is 2. The first-order valence-corrected chi connectivity index (χ1v) is 9.04. The molecule has 2 N–H and O–H groups in total. The van der Waals surface area contributed by atoms with Gasteiger partial charge in [0, 0.05) is 10.0 Å². The van der Waals surface area contributed by atoms with E-state index in [1.54, 1.807) is 6.07 Å². The van der Waals surface area contributed by atoms with Crippen molar-refractivity contribution in [1.82, 2.24) is 5.32 Å². The average Bonchev–Trinajstić information content (AvgIpc) is 2.64. The van der Waals surface area contributed by atoms with Crippen LogP contribution in [0, 0.1) is 0 Å². The van der Waals surface area contributed by atoms with Crippen molar-refractivity contribution in [3.05, 3.63) is 88.4 Å². The van der Waals surface area contributed by atoms with Gasteiger partial charge in [-0.3, -0.25) is 0 Å². The van der Waals surface area contributed by atoms with Crippen LogP contribution in [0.3, 0.4) is 0 Å². The minimum absolute atomic E-state index is 0.101. The van der Waals surface area contributed by atoms with E-state index in [0.29, 0.717) is 5.75 Å². The zero-order valence-electron chi connectivity index (χ0n) is 13.8. The Hall–Kier alpha value is -2.36. The second kappa shape index (κ2) is 6.51. The third kappa shape index (κ3) is 2.80. The molecule has 0 amide bonds. The van der Waals surface area contributed by atoms with E-state index in [4.69, 9.17) is 0 Å². The smallest absolute Gasteiger partial charge is 0.121 e. The Kier molecular flexibility index (Phi) is 4.20. The van der Waals surface area contributed by atoms with Gasteiger partial charge in [-0.2, -0.15) is 0 Å². The lowest BCUT2D eigenvalue weighted by Crippen LogP contribution is -2.18. The van der Waals surface area contributed by atoms with E-state index in [9.17, 15) is 5.11 Å². The van der Waals surface area contributed by atoms with Gasteiger partial charge in [-0.15, -0.1) is 0 Å². The maximum absolute atomic E-state index is 10.7. The molecule has 0 fully saturated rings. The van der Waals surface area contributed by atoms with Crippen molar-refractivity contribution >= 4 is 37.5 Å². The summed E-state index contributed by atoms with van der Waals surface area (Å²) in [6, 6.07) is 24.4. The standard InChI is InChI=1S/C22H18BrNO/c1-24-22(19-8-4-6-14-5-2-3-7-17(14)19)21-18-11-10-16(23)13-15(18)9-12-20(21)25/h2-13,22,24-25H,1H3/t22-/m0/s1. The van der Waals surface area contributed by atoms with Crippen LogP contribution < -0.4 is 5.32 Å². The number of hydrogen-bond donors (Lipinski definition) is 2. The molecule has 0 aliphatic carbocycles. The number of phenols is 1. The fourth-order valence-corrected chi connectivity index (χ4v) is 3.95. The van der Waals surface area contributed by atoms with Crippen LogP contribution in [0.15, 0.2) is 77.3 Å². The molecule has 0 saturated heterocycles. The molecule has 0 aliphatic rings. The van der Waals surface area contributed by atoms with E-state index in [2.05, 4.69) is 69.8 Å². The van der Waals surface area contributed by atoms with Gasteiger partial charge in [-0.25, -0.2) is 0 Å². The number of phenolic OH excluding ortho intramolecular Hbond substituents is 1. The molecule has 0 radical (unpaired) electrons. The quantitative estimate of drug-likeness (QED) is 0.464. The summed E-state index contributed by atoms with van der Waals surface area (Å²) in [5, 5.41) is 18.6. The Bertz CT molecular complexity index is 1070. The van der Waals surface area contributed by atoms with Crippen molar-refractivity contribution in [3.63, 3.8) is 0 Å². The van der Waals surface area contributed by atoms with Crippen molar-refractivity contribution in [2.24, 2.45) is 0 Å². The van der Waals surface area contributed by atoms with E-state index >= 15 is 0 Å². The van der Waals surface area contributed by atoms with E-state index in [-0.39, 0.29) is 6.04 Å². The van der Waals surface area contributed by atoms with Crippen molar-refractivity contribution in [3.8, 4) is 5.75 Å². The van der Waals surface area contributed by atoms with Crippen molar-refractivity contribution in [2.45, 2.75) is 6.04 Å². The van der Waals surface area contributed by atoms with Gasteiger partial charge in [-0.1, -0.05) is 70.5 Å². The van der Waals surface area contributed by atoms with E-state index in [0.717, 1.165) is 26.4 Å². The van der Waals surface area contributed by atoms with Gasteiger partial charge in [0.2, 0.25) is 0 Å². The molecular weight excluding hydrogens is 374 g/mol. The zero-order chi connectivity index (χ0) is 17.4. The summed E-state index contributed by atoms with van der Waals surface area (Å²) in [4.78, 5) is 0. The summed E-state index contributed by atoms with van der Waals surface area (Å²) in [6.07, 6.45) is 0. The average molecular weight is 392 g/mol. The summed E-state index contributed by atoms with van der Waals surface area (Å²) in [7, 11) is 1.93. The normalized spacial score (nSPS) is 12.6. The Morgan fingerprint density at radius 2 is 1.64 bits per heavy atom. The molecule has 4 aromatic carbocycles. The van der Waals surface area contributed by atoms with Crippen LogP contribution in [0.2, 0.25) is 0 Å². The number of nitrogens with one attached hydrogen (secondary N) is 1. The summed E-state index contributed by atoms with van der Waals surface area (Å²) >= 11 is 3.53. The minimum Gasteiger partial charge on any atom is -0.508 e. The zero-order valence-corrected chi connectivity index (χ0v) is 15.4. The lowest BCUT2D eigenvalue weighted by atomic mass is 9.90. The van der Waals surface area contributed by atoms with Gasteiger partial charge in [0.15, 0.2) is 0 Å². The Morgan fingerprint density at radius 1 is 0.840 bits per heavy atom. The molecule has 0 unspecified atom stereocenters. The molecule has 0 aliphatic heterocycles. The summed E-state index contributed by atoms with van der Waals surface area (Å²) in [5.41, 5.74) is 2.06. The molecule has 0 heterocycles. The molecule has 4 aromatic rings. The first-order chi connectivity index (χ1) is 12.2. The largest absolute Gasteiger partial charge is 0.508 e. The van der Waals surface area contributed by atoms with Crippen LogP contribution in [0.4, 0.5) is 0 Å². The molecule has 0 saturated carbocycles. The highest BCUT2D eigenvalue weighted by molar-refractivity contribution is 9.10. The first kappa shape index (κ1) is 16.1. The second-order valence-electron chi connectivity index (χ2n) is 6.15. The van der Waals surface area contributed by atoms with Crippen LogP contribution in [-0.2, 0) is 0 Å². The summed E-state index contributed by atoms with van der Waals surface area (Å²) < 4.78 is 1.03. The highest BCUT2D eigenvalue weighted by atomic mass is 79.9. The Balaban J connectivity index is 2.01. The first-order valence-electron chi connectivity index (χ1n) is 8.25. The van der Waals surface area contributed by atoms with Gasteiger partial charge in [-0.05, 0) is 52.4 Å². The van der Waals surface area contributed by atoms with E-state index < -0.39 is 0 Å². The molecule has 1 atom stereocenters. The van der Waals surface area contributed by atoms with Gasteiger partial charge >= 0.3 is 0 Å². The molecule has 2 nitrogen and oxygen atoms in total. The fraction of sp³-hybridized carbons (Fsp3) is 0.0909. The molecule has 0 spiro atoms. The van der Waals surface area contributed by atoms with Crippen molar-refractivity contribution in [1.29, 1.82) is 0 Å². The van der Waals surface area contributed by atoms with Crippen LogP contribution in [0.1, 0.15) is 17.2 Å². The summed E-state index contributed by atoms with van der Waals surface area (Å²) in [6.45, 7) is 0. The Labute approximate surface area is 155 Å². The molecule has 25 heavy (non-hydrogen) atoms. The van der Waals surface area contributed by atoms with Crippen LogP contribution in [0.25, 0.3) is 21.5 Å². The molecule has 4 rings (SSSR count). The minimum atomic E-state index is -0.101. The second-order valence-corrected chi connectivity index (χ2v) is 7.07. The highest BCUT2D eigenvalue weighted by Crippen LogP contribution is 2.38. The predicted octanol–water partition coefficient (Wildman–Crippen LogP) is 5.77. The van der Waals surface area contributed by atoms with Crippen LogP contribution >= 0.6 is 15.9 Å². The Morgan fingerprint density at radius 3 is 2.48 bits per heavy atom. The topological polar surface area (TPSA) is 32.3 Å². The predicted molar refractivity (Wildman–Crippen MR) is 108 cm³/mol. The van der Waals surface area contributed by atoms with Gasteiger partial charge in [0.1, 0.15) is 5.75 Å². The number of rotatable bonds is 3. The molecular formula is C22H18BrNO. The molecule has 0 bridgehead atoms. The third-order valence-electron chi connectivity index (χ3n) is 4.71. The number of halogens is 1. The maximum Gasteiger partial charge on any atom is 0.121 e. The lowest BCUT2D eigenvalue weighted by molar-refractivity contribution is 0.462. The third-order valence-corrected chi connectivity index (χ3v) is 5.21. The number of benzene rings is 4. The van der Waals surface area contributed by atoms with Crippen molar-refractivity contribution in [2.75, 3.05) is 7.05 Å². The maximum atomic E-state index is 10.7. The van der Waals surface area contributed by atoms with Gasteiger partial charge < -0.3 is 10.4 Å². The monoisotopic (exact) mass is 391 g/mol.